The summed E-state index contributed by atoms with van der Waals surface area (Å²) in [6, 6.07) is 2.09. The fourth-order valence-corrected chi connectivity index (χ4v) is 3.47. The van der Waals surface area contributed by atoms with Gasteiger partial charge in [-0.3, -0.25) is 9.78 Å². The summed E-state index contributed by atoms with van der Waals surface area (Å²) in [4.78, 5) is 23.0. The molecule has 0 bridgehead atoms. The highest BCUT2D eigenvalue weighted by Crippen LogP contribution is 2.40. The van der Waals surface area contributed by atoms with Crippen molar-refractivity contribution in [1.29, 1.82) is 0 Å². The summed E-state index contributed by atoms with van der Waals surface area (Å²) in [6.45, 7) is 1.82. The van der Waals surface area contributed by atoms with Crippen molar-refractivity contribution in [1.82, 2.24) is 19.4 Å². The van der Waals surface area contributed by atoms with Crippen LogP contribution in [0.2, 0.25) is 0 Å². The minimum absolute atomic E-state index is 0.0647. The van der Waals surface area contributed by atoms with Crippen molar-refractivity contribution in [2.45, 2.75) is 31.7 Å². The van der Waals surface area contributed by atoms with E-state index in [-0.39, 0.29) is 11.9 Å². The van der Waals surface area contributed by atoms with Crippen molar-refractivity contribution in [3.05, 3.63) is 36.5 Å². The lowest BCUT2D eigenvalue weighted by molar-refractivity contribution is -0.132. The zero-order valence-electron chi connectivity index (χ0n) is 11.9. The Morgan fingerprint density at radius 1 is 1.19 bits per heavy atom. The third kappa shape index (κ3) is 2.04. The van der Waals surface area contributed by atoms with Gasteiger partial charge in [0.05, 0.1) is 30.7 Å². The number of fused-ring (bicyclic) bond motifs is 3. The van der Waals surface area contributed by atoms with Gasteiger partial charge in [0.15, 0.2) is 0 Å². The molecule has 2 aliphatic rings. The van der Waals surface area contributed by atoms with E-state index in [0.717, 1.165) is 37.2 Å². The van der Waals surface area contributed by atoms with Crippen molar-refractivity contribution < 1.29 is 4.79 Å². The molecular formula is C16H18N4O. The number of aromatic nitrogens is 3. The van der Waals surface area contributed by atoms with Gasteiger partial charge < -0.3 is 9.47 Å². The number of rotatable bonds is 2. The normalized spacial score (nSPS) is 20.2. The maximum absolute atomic E-state index is 12.6. The van der Waals surface area contributed by atoms with Gasteiger partial charge in [0.25, 0.3) is 0 Å². The molecule has 4 rings (SSSR count). The Kier molecular flexibility index (Phi) is 2.98. The van der Waals surface area contributed by atoms with Gasteiger partial charge in [-0.25, -0.2) is 4.98 Å². The van der Waals surface area contributed by atoms with Crippen LogP contribution in [0, 0.1) is 0 Å². The van der Waals surface area contributed by atoms with Crippen LogP contribution in [0.25, 0.3) is 11.3 Å². The van der Waals surface area contributed by atoms with Crippen LogP contribution in [-0.4, -0.2) is 38.4 Å². The van der Waals surface area contributed by atoms with E-state index in [4.69, 9.17) is 0 Å². The van der Waals surface area contributed by atoms with Crippen LogP contribution in [0.5, 0.6) is 0 Å². The molecule has 1 saturated heterocycles. The van der Waals surface area contributed by atoms with E-state index >= 15 is 0 Å². The number of piperidine rings is 1. The lowest BCUT2D eigenvalue weighted by Crippen LogP contribution is -2.36. The van der Waals surface area contributed by atoms with E-state index in [9.17, 15) is 4.79 Å². The van der Waals surface area contributed by atoms with Gasteiger partial charge in [0.1, 0.15) is 0 Å². The fourth-order valence-electron chi connectivity index (χ4n) is 3.47. The summed E-state index contributed by atoms with van der Waals surface area (Å²) in [5, 5.41) is 0. The van der Waals surface area contributed by atoms with E-state index in [0.29, 0.717) is 6.42 Å². The van der Waals surface area contributed by atoms with Crippen molar-refractivity contribution >= 4 is 5.91 Å². The molecule has 5 heteroatoms. The lowest BCUT2D eigenvalue weighted by Gasteiger charge is -2.28. The molecule has 0 aliphatic carbocycles. The Balaban J connectivity index is 1.62. The minimum atomic E-state index is 0.0647. The van der Waals surface area contributed by atoms with Crippen LogP contribution in [-0.2, 0) is 4.79 Å². The lowest BCUT2D eigenvalue weighted by atomic mass is 10.0. The molecule has 0 saturated carbocycles. The molecule has 0 aromatic carbocycles. The zero-order valence-corrected chi connectivity index (χ0v) is 11.9. The second-order valence-electron chi connectivity index (χ2n) is 5.81. The predicted octanol–water partition coefficient (Wildman–Crippen LogP) is 2.25. The summed E-state index contributed by atoms with van der Waals surface area (Å²) < 4.78 is 2.11. The van der Waals surface area contributed by atoms with Crippen LogP contribution < -0.4 is 0 Å². The number of carbonyl (C=O) groups is 1. The highest BCUT2D eigenvalue weighted by atomic mass is 16.2. The zero-order chi connectivity index (χ0) is 14.2. The number of amides is 1. The summed E-state index contributed by atoms with van der Waals surface area (Å²) in [7, 11) is 0. The number of imidazole rings is 1. The van der Waals surface area contributed by atoms with Crippen molar-refractivity contribution in [2.75, 3.05) is 13.1 Å². The number of carbonyl (C=O) groups excluding carboxylic acids is 1. The Bertz CT molecular complexity index is 672. The average molecular weight is 282 g/mol. The summed E-state index contributed by atoms with van der Waals surface area (Å²) in [5.41, 5.74) is 3.36. The Morgan fingerprint density at radius 3 is 2.90 bits per heavy atom. The topological polar surface area (TPSA) is 51.0 Å². The SMILES string of the molecule is O=C(CC1c2ccncc2-c2cncn21)N1CCCCC1. The second kappa shape index (κ2) is 4.98. The molecule has 2 aromatic rings. The van der Waals surface area contributed by atoms with Crippen molar-refractivity contribution in [3.8, 4) is 11.3 Å². The van der Waals surface area contributed by atoms with E-state index < -0.39 is 0 Å². The highest BCUT2D eigenvalue weighted by molar-refractivity contribution is 5.79. The Morgan fingerprint density at radius 2 is 2.05 bits per heavy atom. The summed E-state index contributed by atoms with van der Waals surface area (Å²) >= 11 is 0. The first-order valence-corrected chi connectivity index (χ1v) is 7.58. The third-order valence-corrected chi connectivity index (χ3v) is 4.57. The first kappa shape index (κ1) is 12.6. The largest absolute Gasteiger partial charge is 0.343 e. The average Bonchev–Trinajstić information content (AvgIpc) is 3.11. The van der Waals surface area contributed by atoms with Gasteiger partial charge in [-0.1, -0.05) is 0 Å². The molecule has 108 valence electrons. The number of hydrogen-bond acceptors (Lipinski definition) is 3. The first-order chi connectivity index (χ1) is 10.3. The molecule has 2 aromatic heterocycles. The van der Waals surface area contributed by atoms with E-state index in [1.807, 2.05) is 29.7 Å². The highest BCUT2D eigenvalue weighted by Gasteiger charge is 2.31. The Labute approximate surface area is 123 Å². The first-order valence-electron chi connectivity index (χ1n) is 7.58. The van der Waals surface area contributed by atoms with Crippen molar-refractivity contribution in [2.24, 2.45) is 0 Å². The molecule has 1 amide bonds. The van der Waals surface area contributed by atoms with Gasteiger partial charge in [-0.2, -0.15) is 0 Å². The van der Waals surface area contributed by atoms with Gasteiger partial charge in [-0.15, -0.1) is 0 Å². The number of nitrogens with zero attached hydrogens (tertiary/aromatic N) is 4. The van der Waals surface area contributed by atoms with E-state index in [1.165, 1.54) is 12.0 Å². The predicted molar refractivity (Wildman–Crippen MR) is 78.6 cm³/mol. The van der Waals surface area contributed by atoms with Gasteiger partial charge >= 0.3 is 0 Å². The number of likely N-dealkylation sites (tertiary alicyclic amines) is 1. The van der Waals surface area contributed by atoms with Crippen LogP contribution in [0.3, 0.4) is 0 Å². The standard InChI is InChI=1S/C16H18N4O/c21-16(19-6-2-1-3-7-19)8-14-12-4-5-17-9-13(12)15-10-18-11-20(14)15/h4-5,9-11,14H,1-3,6-8H2. The van der Waals surface area contributed by atoms with Crippen LogP contribution >= 0.6 is 0 Å². The molecule has 0 spiro atoms. The molecule has 21 heavy (non-hydrogen) atoms. The van der Waals surface area contributed by atoms with Gasteiger partial charge in [-0.05, 0) is 30.9 Å². The van der Waals surface area contributed by atoms with Crippen LogP contribution in [0.15, 0.2) is 31.0 Å². The smallest absolute Gasteiger partial charge is 0.225 e. The van der Waals surface area contributed by atoms with Crippen molar-refractivity contribution in [3.63, 3.8) is 0 Å². The summed E-state index contributed by atoms with van der Waals surface area (Å²) in [5.74, 6) is 0.254. The molecular weight excluding hydrogens is 264 g/mol. The third-order valence-electron chi connectivity index (χ3n) is 4.57. The molecule has 1 atom stereocenters. The number of hydrogen-bond donors (Lipinski definition) is 0. The van der Waals surface area contributed by atoms with E-state index in [2.05, 4.69) is 14.5 Å². The second-order valence-corrected chi connectivity index (χ2v) is 5.81. The number of pyridine rings is 1. The van der Waals surface area contributed by atoms with E-state index in [1.54, 1.807) is 6.20 Å². The quantitative estimate of drug-likeness (QED) is 0.849. The summed E-state index contributed by atoms with van der Waals surface area (Å²) in [6.07, 6.45) is 11.4. The molecule has 2 aliphatic heterocycles. The molecule has 0 N–H and O–H groups in total. The maximum Gasteiger partial charge on any atom is 0.225 e. The minimum Gasteiger partial charge on any atom is -0.343 e. The fraction of sp³-hybridized carbons (Fsp3) is 0.438. The van der Waals surface area contributed by atoms with Crippen LogP contribution in [0.1, 0.15) is 37.3 Å². The molecule has 1 unspecified atom stereocenters. The molecule has 0 radical (unpaired) electrons. The van der Waals surface area contributed by atoms with Gasteiger partial charge in [0, 0.05) is 31.0 Å². The Hall–Kier alpha value is -2.17. The maximum atomic E-state index is 12.6. The van der Waals surface area contributed by atoms with Gasteiger partial charge in [0.2, 0.25) is 5.91 Å². The molecule has 5 nitrogen and oxygen atoms in total. The molecule has 1 fully saturated rings. The van der Waals surface area contributed by atoms with Crippen LogP contribution in [0.4, 0.5) is 0 Å². The molecule has 4 heterocycles. The monoisotopic (exact) mass is 282 g/mol.